The van der Waals surface area contributed by atoms with Crippen molar-refractivity contribution in [2.45, 2.75) is 11.8 Å². The third-order valence-corrected chi connectivity index (χ3v) is 4.69. The average molecular weight is 339 g/mol. The highest BCUT2D eigenvalue weighted by Gasteiger charge is 2.23. The minimum atomic E-state index is -3.60. The Bertz CT molecular complexity index is 549. The van der Waals surface area contributed by atoms with Crippen LogP contribution in [0.2, 0.25) is 0 Å². The summed E-state index contributed by atoms with van der Waals surface area (Å²) in [5, 5.41) is 5.51. The van der Waals surface area contributed by atoms with Gasteiger partial charge in [0.2, 0.25) is 5.91 Å². The number of amides is 1. The molecule has 1 aromatic rings. The molecular formula is C13H20ClFN2O3S. The topological polar surface area (TPSA) is 75.3 Å². The molecule has 0 fully saturated rings. The average Bonchev–Trinajstić information content (AvgIpc) is 2.38. The van der Waals surface area contributed by atoms with Gasteiger partial charge in [-0.1, -0.05) is 6.92 Å². The summed E-state index contributed by atoms with van der Waals surface area (Å²) in [4.78, 5) is 11.7. The lowest BCUT2D eigenvalue weighted by Crippen LogP contribution is -2.36. The molecule has 1 unspecified atom stereocenters. The quantitative estimate of drug-likeness (QED) is 0.574. The first kappa shape index (κ1) is 19.8. The fourth-order valence-electron chi connectivity index (χ4n) is 1.63. The van der Waals surface area contributed by atoms with Crippen LogP contribution in [0.1, 0.15) is 6.92 Å². The highest BCUT2D eigenvalue weighted by molar-refractivity contribution is 7.91. The number of carbonyl (C=O) groups excluding carboxylic acids is 1. The highest BCUT2D eigenvalue weighted by atomic mass is 35.5. The first-order chi connectivity index (χ1) is 9.36. The molecule has 0 aliphatic heterocycles. The van der Waals surface area contributed by atoms with Gasteiger partial charge in [0, 0.05) is 19.0 Å². The van der Waals surface area contributed by atoms with E-state index in [9.17, 15) is 17.6 Å². The van der Waals surface area contributed by atoms with Crippen molar-refractivity contribution in [1.82, 2.24) is 10.6 Å². The van der Waals surface area contributed by atoms with Crippen molar-refractivity contribution >= 4 is 28.2 Å². The number of halogens is 2. The van der Waals surface area contributed by atoms with Crippen LogP contribution in [0.25, 0.3) is 0 Å². The zero-order valence-corrected chi connectivity index (χ0v) is 13.6. The standard InChI is InChI=1S/C13H19FN2O3S.ClH/c1-10(13(17)16-8-7-15-2)9-20(18,19)12-5-3-11(14)4-6-12;/h3-6,10,15H,7-9H2,1-2H3,(H,16,17);1H. The number of carbonyl (C=O) groups is 1. The minimum Gasteiger partial charge on any atom is -0.355 e. The summed E-state index contributed by atoms with van der Waals surface area (Å²) in [6, 6.07) is 4.58. The molecule has 120 valence electrons. The number of hydrogen-bond acceptors (Lipinski definition) is 4. The lowest BCUT2D eigenvalue weighted by Gasteiger charge is -2.12. The predicted octanol–water partition coefficient (Wildman–Crippen LogP) is 0.993. The molecule has 0 aliphatic carbocycles. The van der Waals surface area contributed by atoms with E-state index in [1.54, 1.807) is 14.0 Å². The van der Waals surface area contributed by atoms with Gasteiger partial charge in [-0.3, -0.25) is 4.79 Å². The Balaban J connectivity index is 0.00000400. The van der Waals surface area contributed by atoms with Crippen LogP contribution < -0.4 is 10.6 Å². The van der Waals surface area contributed by atoms with E-state index in [-0.39, 0.29) is 29.0 Å². The molecule has 0 aromatic heterocycles. The Morgan fingerprint density at radius 3 is 2.33 bits per heavy atom. The van der Waals surface area contributed by atoms with Crippen LogP contribution in [-0.2, 0) is 14.6 Å². The summed E-state index contributed by atoms with van der Waals surface area (Å²) < 4.78 is 36.9. The number of hydrogen-bond donors (Lipinski definition) is 2. The van der Waals surface area contributed by atoms with Gasteiger partial charge >= 0.3 is 0 Å². The Kier molecular flexibility index (Phi) is 8.46. The molecule has 1 atom stereocenters. The van der Waals surface area contributed by atoms with Crippen molar-refractivity contribution in [3.63, 3.8) is 0 Å². The second-order valence-corrected chi connectivity index (χ2v) is 6.57. The van der Waals surface area contributed by atoms with Gasteiger partial charge in [-0.2, -0.15) is 0 Å². The summed E-state index contributed by atoms with van der Waals surface area (Å²) in [5.74, 6) is -1.78. The zero-order chi connectivity index (χ0) is 15.2. The fraction of sp³-hybridized carbons (Fsp3) is 0.462. The molecule has 0 saturated heterocycles. The van der Waals surface area contributed by atoms with Gasteiger partial charge in [-0.25, -0.2) is 12.8 Å². The number of sulfone groups is 1. The van der Waals surface area contributed by atoms with E-state index in [4.69, 9.17) is 0 Å². The summed E-state index contributed by atoms with van der Waals surface area (Å²) in [7, 11) is -1.84. The number of likely N-dealkylation sites (N-methyl/N-ethyl adjacent to an activating group) is 1. The van der Waals surface area contributed by atoms with Gasteiger partial charge in [0.1, 0.15) is 5.82 Å². The van der Waals surface area contributed by atoms with Crippen LogP contribution in [0.5, 0.6) is 0 Å². The first-order valence-electron chi connectivity index (χ1n) is 6.27. The summed E-state index contributed by atoms with van der Waals surface area (Å²) in [6.07, 6.45) is 0. The zero-order valence-electron chi connectivity index (χ0n) is 11.9. The van der Waals surface area contributed by atoms with Crippen molar-refractivity contribution in [1.29, 1.82) is 0 Å². The number of rotatable bonds is 7. The number of benzene rings is 1. The van der Waals surface area contributed by atoms with Gasteiger partial charge in [-0.05, 0) is 31.3 Å². The van der Waals surface area contributed by atoms with E-state index in [0.29, 0.717) is 13.1 Å². The molecule has 0 radical (unpaired) electrons. The van der Waals surface area contributed by atoms with Gasteiger partial charge in [0.15, 0.2) is 9.84 Å². The maximum Gasteiger partial charge on any atom is 0.223 e. The molecule has 21 heavy (non-hydrogen) atoms. The smallest absolute Gasteiger partial charge is 0.223 e. The van der Waals surface area contributed by atoms with Gasteiger partial charge in [-0.15, -0.1) is 12.4 Å². The Hall–Kier alpha value is -1.18. The minimum absolute atomic E-state index is 0. The largest absolute Gasteiger partial charge is 0.355 e. The lowest BCUT2D eigenvalue weighted by molar-refractivity contribution is -0.123. The fourth-order valence-corrected chi connectivity index (χ4v) is 3.18. The Morgan fingerprint density at radius 1 is 1.24 bits per heavy atom. The van der Waals surface area contributed by atoms with Gasteiger partial charge in [0.05, 0.1) is 10.6 Å². The van der Waals surface area contributed by atoms with Crippen LogP contribution >= 0.6 is 12.4 Å². The molecular weight excluding hydrogens is 319 g/mol. The maximum absolute atomic E-state index is 12.8. The maximum atomic E-state index is 12.8. The van der Waals surface area contributed by atoms with Crippen LogP contribution in [0, 0.1) is 11.7 Å². The van der Waals surface area contributed by atoms with Crippen LogP contribution in [0.3, 0.4) is 0 Å². The third kappa shape index (κ3) is 6.41. The molecule has 1 rings (SSSR count). The van der Waals surface area contributed by atoms with Gasteiger partial charge < -0.3 is 10.6 Å². The van der Waals surface area contributed by atoms with E-state index in [0.717, 1.165) is 12.1 Å². The molecule has 0 bridgehead atoms. The molecule has 0 aliphatic rings. The first-order valence-corrected chi connectivity index (χ1v) is 7.92. The number of nitrogens with one attached hydrogen (secondary N) is 2. The Labute approximate surface area is 130 Å². The molecule has 5 nitrogen and oxygen atoms in total. The molecule has 0 heterocycles. The normalized spacial score (nSPS) is 12.3. The summed E-state index contributed by atoms with van der Waals surface area (Å²) in [5.41, 5.74) is 0. The van der Waals surface area contributed by atoms with Crippen molar-refractivity contribution in [3.05, 3.63) is 30.1 Å². The molecule has 8 heteroatoms. The molecule has 1 amide bonds. The van der Waals surface area contributed by atoms with Crippen LogP contribution in [0.15, 0.2) is 29.2 Å². The van der Waals surface area contributed by atoms with E-state index < -0.39 is 21.6 Å². The van der Waals surface area contributed by atoms with E-state index >= 15 is 0 Å². The SMILES string of the molecule is CNCCNC(=O)C(C)CS(=O)(=O)c1ccc(F)cc1.Cl. The van der Waals surface area contributed by atoms with Crippen molar-refractivity contribution < 1.29 is 17.6 Å². The van der Waals surface area contributed by atoms with Crippen molar-refractivity contribution in [3.8, 4) is 0 Å². The highest BCUT2D eigenvalue weighted by Crippen LogP contribution is 2.15. The molecule has 1 aromatic carbocycles. The van der Waals surface area contributed by atoms with Crippen molar-refractivity contribution in [2.75, 3.05) is 25.9 Å². The van der Waals surface area contributed by atoms with E-state index in [2.05, 4.69) is 10.6 Å². The van der Waals surface area contributed by atoms with Crippen LogP contribution in [-0.4, -0.2) is 40.2 Å². The summed E-state index contributed by atoms with van der Waals surface area (Å²) >= 11 is 0. The molecule has 0 spiro atoms. The predicted molar refractivity (Wildman–Crippen MR) is 81.8 cm³/mol. The molecule has 2 N–H and O–H groups in total. The monoisotopic (exact) mass is 338 g/mol. The Morgan fingerprint density at radius 2 is 1.81 bits per heavy atom. The van der Waals surface area contributed by atoms with Crippen molar-refractivity contribution in [2.24, 2.45) is 5.92 Å². The van der Waals surface area contributed by atoms with Gasteiger partial charge in [0.25, 0.3) is 0 Å². The van der Waals surface area contributed by atoms with E-state index in [1.165, 1.54) is 12.1 Å². The van der Waals surface area contributed by atoms with E-state index in [1.807, 2.05) is 0 Å². The van der Waals surface area contributed by atoms with Crippen LogP contribution in [0.4, 0.5) is 4.39 Å². The molecule has 0 saturated carbocycles. The second-order valence-electron chi connectivity index (χ2n) is 4.53. The summed E-state index contributed by atoms with van der Waals surface area (Å²) in [6.45, 7) is 2.61. The lowest BCUT2D eigenvalue weighted by atomic mass is 10.2. The third-order valence-electron chi connectivity index (χ3n) is 2.76. The second kappa shape index (κ2) is 8.96.